The largest absolute Gasteiger partial charge is 0.375 e. The maximum atomic E-state index is 11.9. The summed E-state index contributed by atoms with van der Waals surface area (Å²) in [7, 11) is 0. The summed E-state index contributed by atoms with van der Waals surface area (Å²) >= 11 is 1.42. The highest BCUT2D eigenvalue weighted by Gasteiger charge is 2.23. The second kappa shape index (κ2) is 7.01. The van der Waals surface area contributed by atoms with E-state index in [9.17, 15) is 4.79 Å². The molecule has 1 aromatic rings. The molecular formula is C13H22N4O2S. The Morgan fingerprint density at radius 3 is 2.85 bits per heavy atom. The average molecular weight is 298 g/mol. The SMILES string of the molecule is C[C@@H]1CN(CC(=O)NCCc2csc(N)n2)C[C@H](C)O1. The van der Waals surface area contributed by atoms with Crippen LogP contribution in [0.5, 0.6) is 0 Å². The molecule has 2 rings (SSSR count). The van der Waals surface area contributed by atoms with E-state index in [1.807, 2.05) is 19.2 Å². The zero-order chi connectivity index (χ0) is 14.5. The quantitative estimate of drug-likeness (QED) is 0.827. The molecule has 0 radical (unpaired) electrons. The summed E-state index contributed by atoms with van der Waals surface area (Å²) in [6, 6.07) is 0. The zero-order valence-electron chi connectivity index (χ0n) is 12.0. The lowest BCUT2D eigenvalue weighted by Gasteiger charge is -2.34. The van der Waals surface area contributed by atoms with Gasteiger partial charge in [-0.25, -0.2) is 4.98 Å². The van der Waals surface area contributed by atoms with Gasteiger partial charge >= 0.3 is 0 Å². The number of hydrogen-bond donors (Lipinski definition) is 2. The van der Waals surface area contributed by atoms with Gasteiger partial charge in [-0.3, -0.25) is 9.69 Å². The van der Waals surface area contributed by atoms with Crippen molar-refractivity contribution in [3.63, 3.8) is 0 Å². The van der Waals surface area contributed by atoms with Crippen LogP contribution >= 0.6 is 11.3 Å². The van der Waals surface area contributed by atoms with E-state index in [2.05, 4.69) is 15.2 Å². The molecule has 0 bridgehead atoms. The molecule has 20 heavy (non-hydrogen) atoms. The molecule has 0 aromatic carbocycles. The normalized spacial score (nSPS) is 23.7. The molecular weight excluding hydrogens is 276 g/mol. The van der Waals surface area contributed by atoms with Gasteiger partial charge in [0.2, 0.25) is 5.91 Å². The van der Waals surface area contributed by atoms with Gasteiger partial charge < -0.3 is 15.8 Å². The number of hydrogen-bond acceptors (Lipinski definition) is 6. The highest BCUT2D eigenvalue weighted by molar-refractivity contribution is 7.13. The molecule has 1 fully saturated rings. The number of anilines is 1. The van der Waals surface area contributed by atoms with Crippen LogP contribution in [0.1, 0.15) is 19.5 Å². The Kier molecular flexibility index (Phi) is 5.33. The van der Waals surface area contributed by atoms with Crippen LogP contribution in [-0.4, -0.2) is 54.2 Å². The van der Waals surface area contributed by atoms with Crippen LogP contribution < -0.4 is 11.1 Å². The fourth-order valence-electron chi connectivity index (χ4n) is 2.44. The maximum absolute atomic E-state index is 11.9. The van der Waals surface area contributed by atoms with Crippen LogP contribution in [0, 0.1) is 0 Å². The maximum Gasteiger partial charge on any atom is 0.234 e. The first-order valence-corrected chi connectivity index (χ1v) is 7.75. The van der Waals surface area contributed by atoms with E-state index in [0.717, 1.165) is 25.2 Å². The number of aromatic nitrogens is 1. The van der Waals surface area contributed by atoms with Crippen LogP contribution in [0.4, 0.5) is 5.13 Å². The van der Waals surface area contributed by atoms with Crippen molar-refractivity contribution in [2.45, 2.75) is 32.5 Å². The van der Waals surface area contributed by atoms with Crippen LogP contribution in [0.15, 0.2) is 5.38 Å². The third-order valence-corrected chi connectivity index (χ3v) is 3.86. The summed E-state index contributed by atoms with van der Waals surface area (Å²) < 4.78 is 5.65. The van der Waals surface area contributed by atoms with Crippen LogP contribution in [0.2, 0.25) is 0 Å². The monoisotopic (exact) mass is 298 g/mol. The number of thiazole rings is 1. The summed E-state index contributed by atoms with van der Waals surface area (Å²) in [5.74, 6) is 0.0505. The molecule has 0 unspecified atom stereocenters. The highest BCUT2D eigenvalue weighted by atomic mass is 32.1. The van der Waals surface area contributed by atoms with Gasteiger partial charge in [0.1, 0.15) is 0 Å². The van der Waals surface area contributed by atoms with Crippen molar-refractivity contribution in [1.82, 2.24) is 15.2 Å². The molecule has 1 saturated heterocycles. The lowest BCUT2D eigenvalue weighted by molar-refractivity contribution is -0.125. The molecule has 0 saturated carbocycles. The summed E-state index contributed by atoms with van der Waals surface area (Å²) in [4.78, 5) is 18.2. The molecule has 2 atom stereocenters. The number of nitrogens with two attached hydrogens (primary N) is 1. The van der Waals surface area contributed by atoms with Gasteiger partial charge in [-0.1, -0.05) is 0 Å². The van der Waals surface area contributed by atoms with Crippen molar-refractivity contribution in [3.8, 4) is 0 Å². The Bertz CT molecular complexity index is 441. The number of morpholine rings is 1. The first kappa shape index (κ1) is 15.2. The topological polar surface area (TPSA) is 80.5 Å². The third kappa shape index (κ3) is 4.73. The van der Waals surface area contributed by atoms with Crippen molar-refractivity contribution in [1.29, 1.82) is 0 Å². The minimum absolute atomic E-state index is 0.0505. The first-order valence-electron chi connectivity index (χ1n) is 6.87. The van der Waals surface area contributed by atoms with E-state index in [1.165, 1.54) is 11.3 Å². The first-order chi connectivity index (χ1) is 9.52. The number of carbonyl (C=O) groups excluding carboxylic acids is 1. The molecule has 1 aromatic heterocycles. The minimum atomic E-state index is 0.0505. The predicted molar refractivity (Wildman–Crippen MR) is 79.7 cm³/mol. The minimum Gasteiger partial charge on any atom is -0.375 e. The van der Waals surface area contributed by atoms with Gasteiger partial charge in [0.05, 0.1) is 24.4 Å². The Balaban J connectivity index is 1.67. The molecule has 7 heteroatoms. The Morgan fingerprint density at radius 2 is 2.25 bits per heavy atom. The number of ether oxygens (including phenoxy) is 1. The fraction of sp³-hybridized carbons (Fsp3) is 0.692. The summed E-state index contributed by atoms with van der Waals surface area (Å²) in [5.41, 5.74) is 6.49. The zero-order valence-corrected chi connectivity index (χ0v) is 12.8. The summed E-state index contributed by atoms with van der Waals surface area (Å²) in [6.45, 7) is 6.70. The van der Waals surface area contributed by atoms with Gasteiger partial charge in [-0.05, 0) is 13.8 Å². The molecule has 3 N–H and O–H groups in total. The number of nitrogens with zero attached hydrogens (tertiary/aromatic N) is 2. The highest BCUT2D eigenvalue weighted by Crippen LogP contribution is 2.11. The molecule has 2 heterocycles. The van der Waals surface area contributed by atoms with E-state index in [1.54, 1.807) is 0 Å². The smallest absolute Gasteiger partial charge is 0.234 e. The number of nitrogens with one attached hydrogen (secondary N) is 1. The van der Waals surface area contributed by atoms with E-state index in [-0.39, 0.29) is 18.1 Å². The van der Waals surface area contributed by atoms with Crippen molar-refractivity contribution in [2.24, 2.45) is 0 Å². The van der Waals surface area contributed by atoms with Crippen LogP contribution in [0.25, 0.3) is 0 Å². The van der Waals surface area contributed by atoms with E-state index in [4.69, 9.17) is 10.5 Å². The van der Waals surface area contributed by atoms with E-state index >= 15 is 0 Å². The molecule has 1 aliphatic heterocycles. The number of carbonyl (C=O) groups is 1. The van der Waals surface area contributed by atoms with Crippen molar-refractivity contribution < 1.29 is 9.53 Å². The molecule has 0 aliphatic carbocycles. The lowest BCUT2D eigenvalue weighted by Crippen LogP contribution is -2.49. The second-order valence-electron chi connectivity index (χ2n) is 5.23. The summed E-state index contributed by atoms with van der Waals surface area (Å²) in [5, 5.41) is 5.42. The molecule has 112 valence electrons. The predicted octanol–water partition coefficient (Wildman–Crippen LogP) is 0.493. The molecule has 6 nitrogen and oxygen atoms in total. The molecule has 1 aliphatic rings. The van der Waals surface area contributed by atoms with Gasteiger partial charge in [-0.15, -0.1) is 11.3 Å². The van der Waals surface area contributed by atoms with Crippen molar-refractivity contribution in [3.05, 3.63) is 11.1 Å². The van der Waals surface area contributed by atoms with E-state index < -0.39 is 0 Å². The van der Waals surface area contributed by atoms with Crippen LogP contribution in [-0.2, 0) is 16.0 Å². The lowest BCUT2D eigenvalue weighted by atomic mass is 10.2. The van der Waals surface area contributed by atoms with E-state index in [0.29, 0.717) is 18.2 Å². The number of amides is 1. The average Bonchev–Trinajstić information content (AvgIpc) is 2.73. The van der Waals surface area contributed by atoms with Crippen LogP contribution in [0.3, 0.4) is 0 Å². The summed E-state index contributed by atoms with van der Waals surface area (Å²) in [6.07, 6.45) is 1.09. The van der Waals surface area contributed by atoms with Crippen molar-refractivity contribution >= 4 is 22.4 Å². The third-order valence-electron chi connectivity index (χ3n) is 3.14. The van der Waals surface area contributed by atoms with Gasteiger partial charge in [0.25, 0.3) is 0 Å². The number of rotatable bonds is 5. The Labute approximate surface area is 123 Å². The molecule has 1 amide bonds. The van der Waals surface area contributed by atoms with Gasteiger partial charge in [0, 0.05) is 31.4 Å². The number of nitrogen functional groups attached to an aromatic ring is 1. The van der Waals surface area contributed by atoms with Crippen molar-refractivity contribution in [2.75, 3.05) is 31.9 Å². The van der Waals surface area contributed by atoms with Gasteiger partial charge in [-0.2, -0.15) is 0 Å². The van der Waals surface area contributed by atoms with Gasteiger partial charge in [0.15, 0.2) is 5.13 Å². The Morgan fingerprint density at radius 1 is 1.55 bits per heavy atom. The molecule has 0 spiro atoms. The Hall–Kier alpha value is -1.18. The fourth-order valence-corrected chi connectivity index (χ4v) is 3.04. The second-order valence-corrected chi connectivity index (χ2v) is 6.12. The standard InChI is InChI=1S/C13H22N4O2S/c1-9-5-17(6-10(2)19-9)7-12(18)15-4-3-11-8-20-13(14)16-11/h8-10H,3-7H2,1-2H3,(H2,14,16)(H,15,18)/t9-,10+.